The largest absolute Gasteiger partial charge is 0.497 e. The first kappa shape index (κ1) is 35.3. The van der Waals surface area contributed by atoms with Crippen LogP contribution in [0, 0.1) is 11.3 Å². The molecule has 0 heterocycles. The SMILES string of the molecule is CCCCCCCCS(=O)(=O)NCC(COC1CCC(OC)CC1C(C)(C)C)OC(=O)/C=C/c1ccc(OC)cc1. The van der Waals surface area contributed by atoms with E-state index in [1.807, 2.05) is 24.3 Å². The van der Waals surface area contributed by atoms with Gasteiger partial charge in [0.05, 0.1) is 31.7 Å². The molecule has 234 valence electrons. The maximum atomic E-state index is 12.7. The van der Waals surface area contributed by atoms with Crippen molar-refractivity contribution in [1.29, 1.82) is 0 Å². The van der Waals surface area contributed by atoms with E-state index in [0.717, 1.165) is 56.3 Å². The second kappa shape index (κ2) is 17.9. The van der Waals surface area contributed by atoms with Gasteiger partial charge >= 0.3 is 5.97 Å². The van der Waals surface area contributed by atoms with E-state index in [1.54, 1.807) is 20.3 Å². The minimum absolute atomic E-state index is 0.00780. The number of sulfonamides is 1. The van der Waals surface area contributed by atoms with Gasteiger partial charge in [-0.05, 0) is 60.8 Å². The number of rotatable bonds is 18. The van der Waals surface area contributed by atoms with Crippen molar-refractivity contribution >= 4 is 22.1 Å². The molecule has 1 aromatic carbocycles. The summed E-state index contributed by atoms with van der Waals surface area (Å²) >= 11 is 0. The summed E-state index contributed by atoms with van der Waals surface area (Å²) in [6.07, 6.45) is 11.0. The lowest BCUT2D eigenvalue weighted by Crippen LogP contribution is -2.44. The zero-order valence-corrected chi connectivity index (χ0v) is 26.8. The number of ether oxygens (including phenoxy) is 4. The van der Waals surface area contributed by atoms with E-state index in [1.165, 1.54) is 12.5 Å². The summed E-state index contributed by atoms with van der Waals surface area (Å²) in [6, 6.07) is 7.29. The number of carbonyl (C=O) groups is 1. The predicted molar refractivity (Wildman–Crippen MR) is 164 cm³/mol. The van der Waals surface area contributed by atoms with Crippen LogP contribution in [0.1, 0.15) is 91.0 Å². The van der Waals surface area contributed by atoms with Gasteiger partial charge in [0.2, 0.25) is 10.0 Å². The summed E-state index contributed by atoms with van der Waals surface area (Å²) in [5.41, 5.74) is 0.825. The molecule has 4 atom stereocenters. The average molecular weight is 596 g/mol. The van der Waals surface area contributed by atoms with E-state index in [4.69, 9.17) is 18.9 Å². The molecule has 4 unspecified atom stereocenters. The van der Waals surface area contributed by atoms with Gasteiger partial charge in [0, 0.05) is 19.7 Å². The Bertz CT molecular complexity index is 1020. The average Bonchev–Trinajstić information content (AvgIpc) is 2.95. The molecule has 0 bridgehead atoms. The third-order valence-corrected chi connectivity index (χ3v) is 9.22. The molecule has 1 fully saturated rings. The van der Waals surface area contributed by atoms with Gasteiger partial charge in [-0.2, -0.15) is 0 Å². The molecular formula is C32H53NO7S. The zero-order chi connectivity index (χ0) is 30.3. The minimum atomic E-state index is -3.50. The molecular weight excluding hydrogens is 542 g/mol. The standard InChI is InChI=1S/C32H53NO7S/c1-7-8-9-10-11-12-21-41(35,36)33-23-28(40-31(34)20-15-25-13-16-26(37-5)17-14-25)24-39-30-19-18-27(38-6)22-29(30)32(2,3)4/h13-17,20,27-30,33H,7-12,18-19,21-24H2,1-6H3/b20-15+. The summed E-state index contributed by atoms with van der Waals surface area (Å²) in [6.45, 7) is 8.83. The van der Waals surface area contributed by atoms with Crippen LogP contribution >= 0.6 is 0 Å². The van der Waals surface area contributed by atoms with Crippen LogP contribution < -0.4 is 9.46 Å². The molecule has 9 heteroatoms. The Morgan fingerprint density at radius 3 is 2.37 bits per heavy atom. The molecule has 41 heavy (non-hydrogen) atoms. The number of esters is 1. The lowest BCUT2D eigenvalue weighted by atomic mass is 9.70. The summed E-state index contributed by atoms with van der Waals surface area (Å²) in [5, 5.41) is 0. The van der Waals surface area contributed by atoms with Crippen LogP contribution in [-0.4, -0.2) is 65.8 Å². The van der Waals surface area contributed by atoms with Crippen molar-refractivity contribution in [2.45, 2.75) is 104 Å². The Morgan fingerprint density at radius 2 is 1.73 bits per heavy atom. The molecule has 0 amide bonds. The molecule has 1 aliphatic carbocycles. The molecule has 0 aliphatic heterocycles. The normalized spacial score (nSPS) is 20.7. The van der Waals surface area contributed by atoms with Crippen molar-refractivity contribution in [3.05, 3.63) is 35.9 Å². The second-order valence-corrected chi connectivity index (χ2v) is 14.0. The fraction of sp³-hybridized carbons (Fsp3) is 0.719. The van der Waals surface area contributed by atoms with Gasteiger partial charge < -0.3 is 18.9 Å². The van der Waals surface area contributed by atoms with Crippen LogP contribution in [-0.2, 0) is 29.0 Å². The first-order valence-electron chi connectivity index (χ1n) is 15.1. The fourth-order valence-electron chi connectivity index (χ4n) is 5.24. The van der Waals surface area contributed by atoms with Crippen molar-refractivity contribution in [2.24, 2.45) is 11.3 Å². The molecule has 2 rings (SSSR count). The maximum absolute atomic E-state index is 12.7. The van der Waals surface area contributed by atoms with Crippen LogP contribution in [0.5, 0.6) is 5.75 Å². The van der Waals surface area contributed by atoms with Crippen LogP contribution in [0.4, 0.5) is 0 Å². The summed E-state index contributed by atoms with van der Waals surface area (Å²) in [5.74, 6) is 0.491. The van der Waals surface area contributed by atoms with Gasteiger partial charge in [-0.25, -0.2) is 17.9 Å². The molecule has 0 radical (unpaired) electrons. The first-order valence-corrected chi connectivity index (χ1v) is 16.8. The molecule has 1 N–H and O–H groups in total. The van der Waals surface area contributed by atoms with Gasteiger partial charge in [0.1, 0.15) is 11.9 Å². The van der Waals surface area contributed by atoms with Gasteiger partial charge in [0.25, 0.3) is 0 Å². The van der Waals surface area contributed by atoms with Crippen LogP contribution in [0.25, 0.3) is 6.08 Å². The van der Waals surface area contributed by atoms with Crippen molar-refractivity contribution < 1.29 is 32.2 Å². The molecule has 1 aliphatic rings. The van der Waals surface area contributed by atoms with Gasteiger partial charge in [-0.3, -0.25) is 0 Å². The van der Waals surface area contributed by atoms with E-state index in [-0.39, 0.29) is 42.4 Å². The molecule has 1 aromatic rings. The van der Waals surface area contributed by atoms with E-state index in [2.05, 4.69) is 32.4 Å². The third kappa shape index (κ3) is 13.7. The summed E-state index contributed by atoms with van der Waals surface area (Å²) < 4.78 is 50.9. The number of nitrogens with one attached hydrogen (secondary N) is 1. The Hall–Kier alpha value is -1.94. The lowest BCUT2D eigenvalue weighted by molar-refractivity contribution is -0.151. The molecule has 0 spiro atoms. The van der Waals surface area contributed by atoms with Crippen molar-refractivity contribution in [2.75, 3.05) is 33.1 Å². The molecule has 8 nitrogen and oxygen atoms in total. The summed E-state index contributed by atoms with van der Waals surface area (Å²) in [4.78, 5) is 12.7. The molecule has 0 saturated heterocycles. The van der Waals surface area contributed by atoms with E-state index < -0.39 is 22.1 Å². The highest BCUT2D eigenvalue weighted by Crippen LogP contribution is 2.40. The highest BCUT2D eigenvalue weighted by molar-refractivity contribution is 7.89. The number of benzene rings is 1. The van der Waals surface area contributed by atoms with E-state index >= 15 is 0 Å². The highest BCUT2D eigenvalue weighted by atomic mass is 32.2. The number of carbonyl (C=O) groups excluding carboxylic acids is 1. The Kier molecular flexibility index (Phi) is 15.4. The summed E-state index contributed by atoms with van der Waals surface area (Å²) in [7, 11) is -0.154. The highest BCUT2D eigenvalue weighted by Gasteiger charge is 2.39. The number of unbranched alkanes of at least 4 members (excludes halogenated alkanes) is 5. The second-order valence-electron chi connectivity index (χ2n) is 12.1. The van der Waals surface area contributed by atoms with Crippen molar-refractivity contribution in [3.63, 3.8) is 0 Å². The topological polar surface area (TPSA) is 100 Å². The quantitative estimate of drug-likeness (QED) is 0.123. The third-order valence-electron chi connectivity index (χ3n) is 7.79. The number of hydrogen-bond donors (Lipinski definition) is 1. The minimum Gasteiger partial charge on any atom is -0.497 e. The first-order chi connectivity index (χ1) is 19.5. The Labute approximate surface area is 248 Å². The van der Waals surface area contributed by atoms with Crippen molar-refractivity contribution in [3.8, 4) is 5.75 Å². The van der Waals surface area contributed by atoms with Crippen molar-refractivity contribution in [1.82, 2.24) is 4.72 Å². The van der Waals surface area contributed by atoms with Crippen LogP contribution in [0.3, 0.4) is 0 Å². The van der Waals surface area contributed by atoms with E-state index in [0.29, 0.717) is 6.42 Å². The maximum Gasteiger partial charge on any atom is 0.331 e. The monoisotopic (exact) mass is 595 g/mol. The van der Waals surface area contributed by atoms with Gasteiger partial charge in [-0.15, -0.1) is 0 Å². The van der Waals surface area contributed by atoms with Crippen LogP contribution in [0.15, 0.2) is 30.3 Å². The smallest absolute Gasteiger partial charge is 0.331 e. The molecule has 1 saturated carbocycles. The van der Waals surface area contributed by atoms with Crippen LogP contribution in [0.2, 0.25) is 0 Å². The molecule has 0 aromatic heterocycles. The lowest BCUT2D eigenvalue weighted by Gasteiger charge is -2.43. The zero-order valence-electron chi connectivity index (χ0n) is 26.0. The fourth-order valence-corrected chi connectivity index (χ4v) is 6.41. The van der Waals surface area contributed by atoms with E-state index in [9.17, 15) is 13.2 Å². The Morgan fingerprint density at radius 1 is 1.05 bits per heavy atom. The number of methoxy groups -OCH3 is 2. The Balaban J connectivity index is 2.03. The van der Waals surface area contributed by atoms with Gasteiger partial charge in [-0.1, -0.05) is 71.9 Å². The number of hydrogen-bond acceptors (Lipinski definition) is 7. The predicted octanol–water partition coefficient (Wildman–Crippen LogP) is 6.15. The van der Waals surface area contributed by atoms with Gasteiger partial charge in [0.15, 0.2) is 0 Å².